The molecule has 0 aliphatic rings. The van der Waals surface area contributed by atoms with Crippen LogP contribution in [0.2, 0.25) is 0 Å². The Labute approximate surface area is 212 Å². The first-order valence-corrected chi connectivity index (χ1v) is 14.9. The predicted octanol–water partition coefficient (Wildman–Crippen LogP) is 8.00. The lowest BCUT2D eigenvalue weighted by atomic mass is 10.0. The molecule has 1 amide bonds. The van der Waals surface area contributed by atoms with Crippen molar-refractivity contribution >= 4 is 5.91 Å². The maximum Gasteiger partial charge on any atom is 0.220 e. The summed E-state index contributed by atoms with van der Waals surface area (Å²) in [6, 6.07) is -0.528. The fourth-order valence-corrected chi connectivity index (χ4v) is 4.41. The molecule has 0 spiro atoms. The van der Waals surface area contributed by atoms with Gasteiger partial charge in [0, 0.05) is 6.42 Å². The summed E-state index contributed by atoms with van der Waals surface area (Å²) < 4.78 is 0. The molecule has 0 aromatic heterocycles. The lowest BCUT2D eigenvalue weighted by Crippen LogP contribution is -2.45. The highest BCUT2D eigenvalue weighted by Gasteiger charge is 2.19. The summed E-state index contributed by atoms with van der Waals surface area (Å²) in [5, 5.41) is 22.4. The summed E-state index contributed by atoms with van der Waals surface area (Å²) in [5.41, 5.74) is 0. The molecule has 0 saturated heterocycles. The van der Waals surface area contributed by atoms with E-state index in [1.807, 2.05) is 0 Å². The van der Waals surface area contributed by atoms with Crippen molar-refractivity contribution in [3.63, 3.8) is 0 Å². The first kappa shape index (κ1) is 33.1. The van der Waals surface area contributed by atoms with Crippen molar-refractivity contribution in [1.29, 1.82) is 0 Å². The summed E-state index contributed by atoms with van der Waals surface area (Å²) in [4.78, 5) is 12.1. The number of carbonyl (C=O) groups excluding carboxylic acids is 1. The van der Waals surface area contributed by atoms with Gasteiger partial charge in [0.25, 0.3) is 0 Å². The molecule has 0 bridgehead atoms. The van der Waals surface area contributed by atoms with Gasteiger partial charge < -0.3 is 15.5 Å². The molecule has 0 aromatic rings. The monoisotopic (exact) mass is 481 g/mol. The molecule has 202 valence electrons. The van der Waals surface area contributed by atoms with E-state index < -0.39 is 12.1 Å². The van der Waals surface area contributed by atoms with Crippen LogP contribution in [0.1, 0.15) is 155 Å². The van der Waals surface area contributed by atoms with Crippen LogP contribution < -0.4 is 5.32 Å². The Bertz CT molecular complexity index is 452. The largest absolute Gasteiger partial charge is 0.394 e. The SMILES string of the molecule is CCCCCCCC/C=C\CCCCCCCCCCCC(=O)NC(CO)C(O)CCCCC. The third kappa shape index (κ3) is 22.9. The number of aliphatic hydroxyl groups is 2. The summed E-state index contributed by atoms with van der Waals surface area (Å²) in [6.07, 6.45) is 30.2. The molecule has 4 nitrogen and oxygen atoms in total. The molecule has 0 aromatic carbocycles. The molecule has 0 saturated carbocycles. The standard InChI is InChI=1S/C30H59NO3/c1-3-5-7-8-9-10-11-12-13-14-15-16-17-18-19-20-21-22-24-26-30(34)31-28(27-32)29(33)25-23-6-4-2/h12-13,28-29,32-33H,3-11,14-27H2,1-2H3,(H,31,34)/b13-12-. The molecule has 0 heterocycles. The molecule has 2 unspecified atom stereocenters. The van der Waals surface area contributed by atoms with Crippen LogP contribution in [0.25, 0.3) is 0 Å². The zero-order valence-electron chi connectivity index (χ0n) is 22.9. The summed E-state index contributed by atoms with van der Waals surface area (Å²) in [6.45, 7) is 4.19. The zero-order valence-corrected chi connectivity index (χ0v) is 22.9. The lowest BCUT2D eigenvalue weighted by molar-refractivity contribution is -0.123. The average Bonchev–Trinajstić information content (AvgIpc) is 2.84. The number of carbonyl (C=O) groups is 1. The molecule has 0 aliphatic carbocycles. The van der Waals surface area contributed by atoms with E-state index in [0.29, 0.717) is 12.8 Å². The van der Waals surface area contributed by atoms with Crippen molar-refractivity contribution in [3.05, 3.63) is 12.2 Å². The van der Waals surface area contributed by atoms with Crippen LogP contribution in [0.5, 0.6) is 0 Å². The van der Waals surface area contributed by atoms with Crippen molar-refractivity contribution in [2.75, 3.05) is 6.61 Å². The number of unbranched alkanes of at least 4 members (excludes halogenated alkanes) is 17. The van der Waals surface area contributed by atoms with Gasteiger partial charge in [-0.15, -0.1) is 0 Å². The number of hydrogen-bond donors (Lipinski definition) is 3. The Balaban J connectivity index is 3.43. The normalized spacial score (nSPS) is 13.4. The van der Waals surface area contributed by atoms with Crippen LogP contribution in [0.3, 0.4) is 0 Å². The maximum atomic E-state index is 12.1. The van der Waals surface area contributed by atoms with Crippen LogP contribution >= 0.6 is 0 Å². The zero-order chi connectivity index (χ0) is 25.1. The summed E-state index contributed by atoms with van der Waals surface area (Å²) in [7, 11) is 0. The van der Waals surface area contributed by atoms with E-state index in [0.717, 1.165) is 32.1 Å². The van der Waals surface area contributed by atoms with E-state index >= 15 is 0 Å². The van der Waals surface area contributed by atoms with Crippen LogP contribution in [-0.4, -0.2) is 34.9 Å². The topological polar surface area (TPSA) is 69.6 Å². The molecule has 2 atom stereocenters. The first-order chi connectivity index (χ1) is 16.7. The maximum absolute atomic E-state index is 12.1. The van der Waals surface area contributed by atoms with Gasteiger partial charge in [0.1, 0.15) is 0 Å². The molecular formula is C30H59NO3. The van der Waals surface area contributed by atoms with Crippen molar-refractivity contribution < 1.29 is 15.0 Å². The number of rotatable bonds is 26. The lowest BCUT2D eigenvalue weighted by Gasteiger charge is -2.22. The third-order valence-corrected chi connectivity index (χ3v) is 6.78. The van der Waals surface area contributed by atoms with E-state index in [4.69, 9.17) is 0 Å². The van der Waals surface area contributed by atoms with Crippen LogP contribution in [0, 0.1) is 0 Å². The number of aliphatic hydroxyl groups excluding tert-OH is 2. The van der Waals surface area contributed by atoms with Crippen molar-refractivity contribution in [2.24, 2.45) is 0 Å². The molecule has 34 heavy (non-hydrogen) atoms. The average molecular weight is 482 g/mol. The highest BCUT2D eigenvalue weighted by Crippen LogP contribution is 2.13. The minimum absolute atomic E-state index is 0.0467. The van der Waals surface area contributed by atoms with Gasteiger partial charge in [-0.3, -0.25) is 4.79 Å². The van der Waals surface area contributed by atoms with E-state index in [2.05, 4.69) is 31.3 Å². The molecule has 3 N–H and O–H groups in total. The number of hydrogen-bond acceptors (Lipinski definition) is 3. The number of allylic oxidation sites excluding steroid dienone is 2. The van der Waals surface area contributed by atoms with Gasteiger partial charge in [0.15, 0.2) is 0 Å². The van der Waals surface area contributed by atoms with Crippen LogP contribution in [-0.2, 0) is 4.79 Å². The minimum Gasteiger partial charge on any atom is -0.394 e. The smallest absolute Gasteiger partial charge is 0.220 e. The highest BCUT2D eigenvalue weighted by molar-refractivity contribution is 5.76. The van der Waals surface area contributed by atoms with Gasteiger partial charge in [0.2, 0.25) is 5.91 Å². The molecule has 0 radical (unpaired) electrons. The quantitative estimate of drug-likeness (QED) is 0.0865. The van der Waals surface area contributed by atoms with Gasteiger partial charge in [-0.2, -0.15) is 0 Å². The van der Waals surface area contributed by atoms with Crippen molar-refractivity contribution in [2.45, 2.75) is 167 Å². The second kappa shape index (κ2) is 26.7. The Hall–Kier alpha value is -0.870. The second-order valence-electron chi connectivity index (χ2n) is 10.2. The van der Waals surface area contributed by atoms with E-state index in [9.17, 15) is 15.0 Å². The molecule has 4 heteroatoms. The van der Waals surface area contributed by atoms with Gasteiger partial charge in [0.05, 0.1) is 18.8 Å². The van der Waals surface area contributed by atoms with Crippen molar-refractivity contribution in [1.82, 2.24) is 5.32 Å². The molecule has 0 rings (SSSR count). The Kier molecular flexibility index (Phi) is 26.0. The third-order valence-electron chi connectivity index (χ3n) is 6.78. The Morgan fingerprint density at radius 3 is 1.62 bits per heavy atom. The van der Waals surface area contributed by atoms with E-state index in [1.165, 1.54) is 96.3 Å². The summed E-state index contributed by atoms with van der Waals surface area (Å²) >= 11 is 0. The fourth-order valence-electron chi connectivity index (χ4n) is 4.41. The number of amides is 1. The Morgan fingerprint density at radius 2 is 1.12 bits per heavy atom. The van der Waals surface area contributed by atoms with Crippen LogP contribution in [0.15, 0.2) is 12.2 Å². The van der Waals surface area contributed by atoms with Gasteiger partial charge in [-0.05, 0) is 38.5 Å². The van der Waals surface area contributed by atoms with Gasteiger partial charge in [-0.1, -0.05) is 122 Å². The fraction of sp³-hybridized carbons (Fsp3) is 0.900. The first-order valence-electron chi connectivity index (χ1n) is 14.9. The highest BCUT2D eigenvalue weighted by atomic mass is 16.3. The van der Waals surface area contributed by atoms with E-state index in [1.54, 1.807) is 0 Å². The van der Waals surface area contributed by atoms with Crippen LogP contribution in [0.4, 0.5) is 0 Å². The Morgan fingerprint density at radius 1 is 0.676 bits per heavy atom. The minimum atomic E-state index is -0.651. The van der Waals surface area contributed by atoms with E-state index in [-0.39, 0.29) is 12.5 Å². The van der Waals surface area contributed by atoms with Gasteiger partial charge >= 0.3 is 0 Å². The number of nitrogens with one attached hydrogen (secondary N) is 1. The summed E-state index contributed by atoms with van der Waals surface area (Å²) in [5.74, 6) is -0.0467. The predicted molar refractivity (Wildman–Crippen MR) is 147 cm³/mol. The van der Waals surface area contributed by atoms with Gasteiger partial charge in [-0.25, -0.2) is 0 Å². The molecular weight excluding hydrogens is 422 g/mol. The molecule has 0 fully saturated rings. The molecule has 0 aliphatic heterocycles. The van der Waals surface area contributed by atoms with Crippen molar-refractivity contribution in [3.8, 4) is 0 Å². The second-order valence-corrected chi connectivity index (χ2v) is 10.2.